The molecule has 1 aliphatic heterocycles. The lowest BCUT2D eigenvalue weighted by Gasteiger charge is -2.37. The molecule has 0 aromatic carbocycles. The normalized spacial score (nSPS) is 41.2. The molecule has 4 heteroatoms. The van der Waals surface area contributed by atoms with Gasteiger partial charge in [0.25, 0.3) is 0 Å². The lowest BCUT2D eigenvalue weighted by atomic mass is 9.84. The first-order valence-corrected chi connectivity index (χ1v) is 8.39. The van der Waals surface area contributed by atoms with E-state index in [1.54, 1.807) is 0 Å². The quantitative estimate of drug-likeness (QED) is 0.741. The van der Waals surface area contributed by atoms with Crippen LogP contribution in [0.2, 0.25) is 0 Å². The number of Topliss-reactive ketones (excluding diaryl/α,β-unsaturated/α-hetero) is 1. The highest BCUT2D eigenvalue weighted by Gasteiger charge is 2.33. The van der Waals surface area contributed by atoms with Crippen LogP contribution >= 0.6 is 23.2 Å². The fourth-order valence-corrected chi connectivity index (χ4v) is 3.87. The lowest BCUT2D eigenvalue weighted by molar-refractivity contribution is -0.126. The summed E-state index contributed by atoms with van der Waals surface area (Å²) in [5, 5.41) is 0.00159. The number of carbonyl (C=O) groups is 1. The van der Waals surface area contributed by atoms with E-state index in [1.807, 2.05) is 0 Å². The summed E-state index contributed by atoms with van der Waals surface area (Å²) in [5.41, 5.74) is 0. The van der Waals surface area contributed by atoms with Crippen LogP contribution in [0, 0.1) is 11.8 Å². The summed E-state index contributed by atoms with van der Waals surface area (Å²) in [7, 11) is 0. The standard InChI is InChI=1S/C15H25Cl2NO/c1-10-3-4-11(2)18(8-10)9-15(19)12-5-6-13(16)14(17)7-12/h10-14H,3-9H2,1-2H3. The molecule has 1 heterocycles. The molecule has 2 nitrogen and oxygen atoms in total. The number of piperidine rings is 1. The van der Waals surface area contributed by atoms with Crippen LogP contribution in [0.5, 0.6) is 0 Å². The van der Waals surface area contributed by atoms with Crippen molar-refractivity contribution in [2.24, 2.45) is 11.8 Å². The number of likely N-dealkylation sites (tertiary alicyclic amines) is 1. The van der Waals surface area contributed by atoms with Crippen molar-refractivity contribution in [2.75, 3.05) is 13.1 Å². The first kappa shape index (κ1) is 15.6. The van der Waals surface area contributed by atoms with Gasteiger partial charge in [0.05, 0.1) is 11.9 Å². The van der Waals surface area contributed by atoms with Gasteiger partial charge in [0.15, 0.2) is 0 Å². The fraction of sp³-hybridized carbons (Fsp3) is 0.933. The van der Waals surface area contributed by atoms with Gasteiger partial charge in [0.2, 0.25) is 0 Å². The number of rotatable bonds is 3. The first-order chi connectivity index (χ1) is 8.97. The third-order valence-corrected chi connectivity index (χ3v) is 5.89. The van der Waals surface area contributed by atoms with Gasteiger partial charge in [-0.2, -0.15) is 0 Å². The first-order valence-electron chi connectivity index (χ1n) is 7.52. The molecule has 110 valence electrons. The van der Waals surface area contributed by atoms with Crippen molar-refractivity contribution < 1.29 is 4.79 Å². The second kappa shape index (κ2) is 6.78. The summed E-state index contributed by atoms with van der Waals surface area (Å²) in [4.78, 5) is 14.8. The summed E-state index contributed by atoms with van der Waals surface area (Å²) in [6.45, 7) is 6.17. The van der Waals surface area contributed by atoms with Crippen LogP contribution in [-0.4, -0.2) is 40.6 Å². The van der Waals surface area contributed by atoms with Gasteiger partial charge in [-0.05, 0) is 44.9 Å². The summed E-state index contributed by atoms with van der Waals surface area (Å²) in [5.74, 6) is 1.21. The Bertz CT molecular complexity index is 323. The maximum atomic E-state index is 12.4. The Hall–Kier alpha value is 0.210. The Morgan fingerprint density at radius 3 is 2.53 bits per heavy atom. The molecule has 5 unspecified atom stereocenters. The number of ketones is 1. The lowest BCUT2D eigenvalue weighted by Crippen LogP contribution is -2.45. The van der Waals surface area contributed by atoms with Crippen molar-refractivity contribution in [3.8, 4) is 0 Å². The Labute approximate surface area is 126 Å². The molecule has 2 fully saturated rings. The van der Waals surface area contributed by atoms with Crippen LogP contribution in [0.15, 0.2) is 0 Å². The second-order valence-corrected chi connectivity index (χ2v) is 7.59. The molecule has 1 aliphatic carbocycles. The topological polar surface area (TPSA) is 20.3 Å². The number of carbonyl (C=O) groups excluding carboxylic acids is 1. The maximum Gasteiger partial charge on any atom is 0.149 e. The molecule has 5 atom stereocenters. The zero-order chi connectivity index (χ0) is 14.0. The van der Waals surface area contributed by atoms with Crippen LogP contribution in [0.3, 0.4) is 0 Å². The van der Waals surface area contributed by atoms with Gasteiger partial charge < -0.3 is 0 Å². The molecule has 0 amide bonds. The van der Waals surface area contributed by atoms with Crippen LogP contribution in [0.25, 0.3) is 0 Å². The minimum absolute atomic E-state index is 0.0398. The molecule has 2 aliphatic rings. The van der Waals surface area contributed by atoms with Crippen LogP contribution in [0.4, 0.5) is 0 Å². The largest absolute Gasteiger partial charge is 0.298 e. The molecule has 0 aromatic heterocycles. The van der Waals surface area contributed by atoms with Crippen LogP contribution in [0.1, 0.15) is 46.0 Å². The zero-order valence-corrected chi connectivity index (χ0v) is 13.5. The van der Waals surface area contributed by atoms with E-state index in [-0.39, 0.29) is 16.7 Å². The van der Waals surface area contributed by atoms with E-state index in [0.717, 1.165) is 25.8 Å². The van der Waals surface area contributed by atoms with Gasteiger partial charge in [-0.25, -0.2) is 0 Å². The highest BCUT2D eigenvalue weighted by atomic mass is 35.5. The second-order valence-electron chi connectivity index (χ2n) is 6.47. The van der Waals surface area contributed by atoms with Crippen molar-refractivity contribution in [2.45, 2.75) is 62.7 Å². The minimum atomic E-state index is -0.0398. The summed E-state index contributed by atoms with van der Waals surface area (Å²) in [6.07, 6.45) is 5.03. The molecule has 1 saturated carbocycles. The molecule has 0 N–H and O–H groups in total. The number of hydrogen-bond acceptors (Lipinski definition) is 2. The molecule has 0 radical (unpaired) electrons. The van der Waals surface area contributed by atoms with Crippen molar-refractivity contribution in [3.63, 3.8) is 0 Å². The van der Waals surface area contributed by atoms with E-state index in [9.17, 15) is 4.79 Å². The molecule has 2 rings (SSSR count). The summed E-state index contributed by atoms with van der Waals surface area (Å²) >= 11 is 12.3. The Morgan fingerprint density at radius 2 is 1.84 bits per heavy atom. The molecule has 0 aromatic rings. The van der Waals surface area contributed by atoms with Crippen LogP contribution in [-0.2, 0) is 4.79 Å². The molecular formula is C15H25Cl2NO. The Balaban J connectivity index is 1.86. The molecule has 19 heavy (non-hydrogen) atoms. The van der Waals surface area contributed by atoms with E-state index in [4.69, 9.17) is 23.2 Å². The summed E-state index contributed by atoms with van der Waals surface area (Å²) < 4.78 is 0. The SMILES string of the molecule is CC1CCC(C)N(CC(=O)C2CCC(Cl)C(Cl)C2)C1. The molecule has 0 bridgehead atoms. The van der Waals surface area contributed by atoms with E-state index >= 15 is 0 Å². The van der Waals surface area contributed by atoms with Gasteiger partial charge in [-0.3, -0.25) is 9.69 Å². The van der Waals surface area contributed by atoms with Crippen molar-refractivity contribution in [1.29, 1.82) is 0 Å². The van der Waals surface area contributed by atoms with E-state index in [2.05, 4.69) is 18.7 Å². The third kappa shape index (κ3) is 4.09. The van der Waals surface area contributed by atoms with Gasteiger partial charge >= 0.3 is 0 Å². The monoisotopic (exact) mass is 305 g/mol. The number of nitrogens with zero attached hydrogens (tertiary/aromatic N) is 1. The maximum absolute atomic E-state index is 12.4. The third-order valence-electron chi connectivity index (χ3n) is 4.75. The van der Waals surface area contributed by atoms with E-state index in [0.29, 0.717) is 24.3 Å². The highest BCUT2D eigenvalue weighted by Crippen LogP contribution is 2.32. The van der Waals surface area contributed by atoms with Crippen molar-refractivity contribution >= 4 is 29.0 Å². The van der Waals surface area contributed by atoms with Gasteiger partial charge in [-0.1, -0.05) is 6.92 Å². The Morgan fingerprint density at radius 1 is 1.11 bits per heavy atom. The highest BCUT2D eigenvalue weighted by molar-refractivity contribution is 6.30. The number of halogens is 2. The van der Waals surface area contributed by atoms with E-state index < -0.39 is 0 Å². The smallest absolute Gasteiger partial charge is 0.149 e. The zero-order valence-electron chi connectivity index (χ0n) is 11.9. The molecule has 0 spiro atoms. The minimum Gasteiger partial charge on any atom is -0.298 e. The number of hydrogen-bond donors (Lipinski definition) is 0. The molecular weight excluding hydrogens is 281 g/mol. The van der Waals surface area contributed by atoms with Gasteiger partial charge in [-0.15, -0.1) is 23.2 Å². The predicted molar refractivity (Wildman–Crippen MR) is 81.1 cm³/mol. The number of alkyl halides is 2. The average molecular weight is 306 g/mol. The summed E-state index contributed by atoms with van der Waals surface area (Å²) in [6, 6.07) is 0.538. The average Bonchev–Trinajstić information content (AvgIpc) is 2.37. The fourth-order valence-electron chi connectivity index (χ4n) is 3.30. The van der Waals surface area contributed by atoms with Crippen LogP contribution < -0.4 is 0 Å². The van der Waals surface area contributed by atoms with E-state index in [1.165, 1.54) is 12.8 Å². The van der Waals surface area contributed by atoms with Gasteiger partial charge in [0.1, 0.15) is 5.78 Å². The molecule has 1 saturated heterocycles. The van der Waals surface area contributed by atoms with Crippen molar-refractivity contribution in [1.82, 2.24) is 4.90 Å². The predicted octanol–water partition coefficient (Wildman–Crippen LogP) is 3.69. The Kier molecular flexibility index (Phi) is 5.56. The van der Waals surface area contributed by atoms with Crippen molar-refractivity contribution in [3.05, 3.63) is 0 Å². The van der Waals surface area contributed by atoms with Gasteiger partial charge in [0, 0.05) is 23.9 Å².